The highest BCUT2D eigenvalue weighted by atomic mass is 16.4. The molecule has 0 aromatic heterocycles. The molecule has 0 spiro atoms. The summed E-state index contributed by atoms with van der Waals surface area (Å²) in [6.45, 7) is 10.00. The van der Waals surface area contributed by atoms with Crippen molar-refractivity contribution in [3.63, 3.8) is 0 Å². The fourth-order valence-electron chi connectivity index (χ4n) is 2.86. The predicted molar refractivity (Wildman–Crippen MR) is 80.5 cm³/mol. The standard InChI is InChI=1S/C15H31N3O/c1-4-13-7-5-10-18(12-8-13)11-6-9-15(2,3)14(16)17-19/h13,19H,4-12H2,1-3H3,(H2,16,17). The van der Waals surface area contributed by atoms with Crippen LogP contribution >= 0.6 is 0 Å². The van der Waals surface area contributed by atoms with E-state index in [0.29, 0.717) is 5.84 Å². The Morgan fingerprint density at radius 1 is 1.37 bits per heavy atom. The van der Waals surface area contributed by atoms with Gasteiger partial charge in [-0.05, 0) is 57.7 Å². The van der Waals surface area contributed by atoms with Crippen molar-refractivity contribution in [3.05, 3.63) is 0 Å². The lowest BCUT2D eigenvalue weighted by molar-refractivity contribution is 0.259. The SMILES string of the molecule is CCC1CCCN(CCCC(C)(C)C(N)=NO)CC1. The van der Waals surface area contributed by atoms with Crippen molar-refractivity contribution in [2.24, 2.45) is 22.2 Å². The molecule has 4 nitrogen and oxygen atoms in total. The maximum atomic E-state index is 8.76. The molecule has 19 heavy (non-hydrogen) atoms. The molecule has 1 rings (SSSR count). The second-order valence-corrected chi connectivity index (χ2v) is 6.52. The summed E-state index contributed by atoms with van der Waals surface area (Å²) in [5.41, 5.74) is 5.52. The van der Waals surface area contributed by atoms with E-state index in [9.17, 15) is 0 Å². The highest BCUT2D eigenvalue weighted by Crippen LogP contribution is 2.24. The van der Waals surface area contributed by atoms with E-state index in [0.717, 1.165) is 25.3 Å². The third kappa shape index (κ3) is 5.39. The quantitative estimate of drug-likeness (QED) is 0.337. The van der Waals surface area contributed by atoms with Crippen molar-refractivity contribution in [1.82, 2.24) is 4.90 Å². The van der Waals surface area contributed by atoms with Crippen LogP contribution in [0.5, 0.6) is 0 Å². The maximum absolute atomic E-state index is 8.76. The molecule has 0 aliphatic carbocycles. The first-order chi connectivity index (χ1) is 8.99. The Kier molecular flexibility index (Phi) is 6.63. The fourth-order valence-corrected chi connectivity index (χ4v) is 2.86. The molecule has 0 saturated carbocycles. The Balaban J connectivity index is 2.29. The van der Waals surface area contributed by atoms with Crippen LogP contribution < -0.4 is 5.73 Å². The summed E-state index contributed by atoms with van der Waals surface area (Å²) in [5.74, 6) is 1.27. The third-order valence-electron chi connectivity index (χ3n) is 4.59. The minimum absolute atomic E-state index is 0.202. The van der Waals surface area contributed by atoms with Crippen LogP contribution in [0.3, 0.4) is 0 Å². The number of nitrogens with zero attached hydrogens (tertiary/aromatic N) is 2. The van der Waals surface area contributed by atoms with Crippen LogP contribution in [-0.4, -0.2) is 35.6 Å². The second kappa shape index (κ2) is 7.73. The summed E-state index contributed by atoms with van der Waals surface area (Å²) >= 11 is 0. The van der Waals surface area contributed by atoms with Crippen LogP contribution in [0.4, 0.5) is 0 Å². The Hall–Kier alpha value is -0.770. The van der Waals surface area contributed by atoms with Gasteiger partial charge in [-0.3, -0.25) is 0 Å². The van der Waals surface area contributed by atoms with Crippen molar-refractivity contribution < 1.29 is 5.21 Å². The van der Waals surface area contributed by atoms with Crippen LogP contribution in [0.25, 0.3) is 0 Å². The molecular formula is C15H31N3O. The lowest BCUT2D eigenvalue weighted by Gasteiger charge is -2.25. The van der Waals surface area contributed by atoms with Gasteiger partial charge in [0.25, 0.3) is 0 Å². The normalized spacial score (nSPS) is 23.3. The predicted octanol–water partition coefficient (Wildman–Crippen LogP) is 3.05. The average molecular weight is 269 g/mol. The summed E-state index contributed by atoms with van der Waals surface area (Å²) in [6, 6.07) is 0. The summed E-state index contributed by atoms with van der Waals surface area (Å²) in [4.78, 5) is 2.58. The van der Waals surface area contributed by atoms with Crippen molar-refractivity contribution in [3.8, 4) is 0 Å². The largest absolute Gasteiger partial charge is 0.409 e. The topological polar surface area (TPSA) is 61.8 Å². The number of oxime groups is 1. The number of hydrogen-bond acceptors (Lipinski definition) is 3. The lowest BCUT2D eigenvalue weighted by atomic mass is 9.86. The molecule has 0 radical (unpaired) electrons. The minimum atomic E-state index is -0.202. The summed E-state index contributed by atoms with van der Waals surface area (Å²) < 4.78 is 0. The number of nitrogens with two attached hydrogens (primary N) is 1. The smallest absolute Gasteiger partial charge is 0.144 e. The van der Waals surface area contributed by atoms with E-state index in [1.807, 2.05) is 13.8 Å². The number of rotatable bonds is 6. The van der Waals surface area contributed by atoms with Gasteiger partial charge in [0.1, 0.15) is 5.84 Å². The van der Waals surface area contributed by atoms with Gasteiger partial charge in [-0.1, -0.05) is 32.3 Å². The molecule has 0 bridgehead atoms. The Morgan fingerprint density at radius 3 is 2.74 bits per heavy atom. The molecule has 1 aliphatic rings. The van der Waals surface area contributed by atoms with Gasteiger partial charge in [0, 0.05) is 5.41 Å². The van der Waals surface area contributed by atoms with Gasteiger partial charge in [0.15, 0.2) is 0 Å². The van der Waals surface area contributed by atoms with Crippen molar-refractivity contribution in [2.45, 2.75) is 59.3 Å². The zero-order valence-corrected chi connectivity index (χ0v) is 12.9. The van der Waals surface area contributed by atoms with E-state index in [2.05, 4.69) is 17.0 Å². The Morgan fingerprint density at radius 2 is 2.11 bits per heavy atom. The Bertz CT molecular complexity index is 289. The van der Waals surface area contributed by atoms with Crippen LogP contribution in [-0.2, 0) is 0 Å². The molecule has 4 heteroatoms. The van der Waals surface area contributed by atoms with Crippen LogP contribution in [0.1, 0.15) is 59.3 Å². The molecule has 1 atom stereocenters. The lowest BCUT2D eigenvalue weighted by Crippen LogP contribution is -2.33. The highest BCUT2D eigenvalue weighted by Gasteiger charge is 2.23. The van der Waals surface area contributed by atoms with Gasteiger partial charge in [-0.25, -0.2) is 0 Å². The molecule has 0 aromatic carbocycles. The molecule has 1 saturated heterocycles. The molecule has 3 N–H and O–H groups in total. The molecule has 0 aromatic rings. The molecule has 1 unspecified atom stereocenters. The molecule has 1 heterocycles. The van der Waals surface area contributed by atoms with E-state index in [4.69, 9.17) is 10.9 Å². The number of amidine groups is 1. The fraction of sp³-hybridized carbons (Fsp3) is 0.933. The molecular weight excluding hydrogens is 238 g/mol. The Labute approximate surface area is 118 Å². The monoisotopic (exact) mass is 269 g/mol. The number of hydrogen-bond donors (Lipinski definition) is 2. The van der Waals surface area contributed by atoms with Crippen LogP contribution in [0.2, 0.25) is 0 Å². The van der Waals surface area contributed by atoms with Gasteiger partial charge in [-0.2, -0.15) is 0 Å². The summed E-state index contributed by atoms with van der Waals surface area (Å²) in [7, 11) is 0. The summed E-state index contributed by atoms with van der Waals surface area (Å²) in [6.07, 6.45) is 7.48. The average Bonchev–Trinajstić information content (AvgIpc) is 2.62. The van der Waals surface area contributed by atoms with Crippen molar-refractivity contribution in [1.29, 1.82) is 0 Å². The van der Waals surface area contributed by atoms with E-state index >= 15 is 0 Å². The highest BCUT2D eigenvalue weighted by molar-refractivity contribution is 5.85. The zero-order chi connectivity index (χ0) is 14.3. The van der Waals surface area contributed by atoms with Crippen LogP contribution in [0, 0.1) is 11.3 Å². The van der Waals surface area contributed by atoms with Crippen molar-refractivity contribution in [2.75, 3.05) is 19.6 Å². The van der Waals surface area contributed by atoms with E-state index in [1.165, 1.54) is 38.8 Å². The van der Waals surface area contributed by atoms with Gasteiger partial charge < -0.3 is 15.8 Å². The van der Waals surface area contributed by atoms with Crippen LogP contribution in [0.15, 0.2) is 5.16 Å². The number of likely N-dealkylation sites (tertiary alicyclic amines) is 1. The van der Waals surface area contributed by atoms with Gasteiger partial charge in [-0.15, -0.1) is 0 Å². The molecule has 0 amide bonds. The van der Waals surface area contributed by atoms with E-state index in [-0.39, 0.29) is 5.41 Å². The maximum Gasteiger partial charge on any atom is 0.144 e. The third-order valence-corrected chi connectivity index (χ3v) is 4.59. The summed E-state index contributed by atoms with van der Waals surface area (Å²) in [5, 5.41) is 11.9. The first kappa shape index (κ1) is 16.3. The van der Waals surface area contributed by atoms with Gasteiger partial charge >= 0.3 is 0 Å². The van der Waals surface area contributed by atoms with Gasteiger partial charge in [0.05, 0.1) is 0 Å². The van der Waals surface area contributed by atoms with Crippen molar-refractivity contribution >= 4 is 5.84 Å². The first-order valence-electron chi connectivity index (χ1n) is 7.70. The second-order valence-electron chi connectivity index (χ2n) is 6.52. The zero-order valence-electron chi connectivity index (χ0n) is 12.9. The molecule has 112 valence electrons. The first-order valence-corrected chi connectivity index (χ1v) is 7.70. The van der Waals surface area contributed by atoms with E-state index in [1.54, 1.807) is 0 Å². The minimum Gasteiger partial charge on any atom is -0.409 e. The molecule has 1 aliphatic heterocycles. The van der Waals surface area contributed by atoms with Gasteiger partial charge in [0.2, 0.25) is 0 Å². The van der Waals surface area contributed by atoms with E-state index < -0.39 is 0 Å². The molecule has 1 fully saturated rings.